The summed E-state index contributed by atoms with van der Waals surface area (Å²) in [4.78, 5) is 16.9. The maximum absolute atomic E-state index is 12.3. The Hall–Kier alpha value is -2.66. The molecule has 1 atom stereocenters. The quantitative estimate of drug-likeness (QED) is 0.661. The molecule has 8 heteroatoms. The van der Waals surface area contributed by atoms with Gasteiger partial charge >= 0.3 is 0 Å². The van der Waals surface area contributed by atoms with Gasteiger partial charge in [-0.1, -0.05) is 30.0 Å². The highest BCUT2D eigenvalue weighted by atomic mass is 32.2. The molecule has 0 saturated heterocycles. The average Bonchev–Trinajstić information content (AvgIpc) is 3.49. The summed E-state index contributed by atoms with van der Waals surface area (Å²) in [5.41, 5.74) is 1.84. The number of aryl methyl sites for hydroxylation is 1. The smallest absolute Gasteiger partial charge is 0.231 e. The lowest BCUT2D eigenvalue weighted by molar-refractivity contribution is -0.119. The molecule has 7 nitrogen and oxygen atoms in total. The second kappa shape index (κ2) is 6.82. The lowest BCUT2D eigenvalue weighted by Crippen LogP contribution is -2.47. The van der Waals surface area contributed by atoms with E-state index in [0.717, 1.165) is 41.5 Å². The van der Waals surface area contributed by atoms with Crippen LogP contribution in [0.15, 0.2) is 29.4 Å². The number of thioether (sulfide) groups is 1. The van der Waals surface area contributed by atoms with Gasteiger partial charge in [0.1, 0.15) is 11.1 Å². The highest BCUT2D eigenvalue weighted by Gasteiger charge is 2.42. The van der Waals surface area contributed by atoms with Crippen molar-refractivity contribution in [1.29, 1.82) is 5.26 Å². The Kier molecular flexibility index (Phi) is 4.48. The van der Waals surface area contributed by atoms with E-state index < -0.39 is 5.54 Å². The van der Waals surface area contributed by atoms with Crippen LogP contribution in [-0.2, 0) is 11.3 Å². The van der Waals surface area contributed by atoms with E-state index in [2.05, 4.69) is 38.1 Å². The molecule has 0 radical (unpaired) electrons. The summed E-state index contributed by atoms with van der Waals surface area (Å²) >= 11 is 1.24. The first kappa shape index (κ1) is 17.7. The van der Waals surface area contributed by atoms with Gasteiger partial charge in [0.25, 0.3) is 0 Å². The van der Waals surface area contributed by atoms with Crippen molar-refractivity contribution in [2.24, 2.45) is 5.92 Å². The molecular formula is C19H20N6OS. The number of hydrogen-bond donors (Lipinski definition) is 1. The van der Waals surface area contributed by atoms with Gasteiger partial charge in [-0.15, -0.1) is 10.2 Å². The lowest BCUT2D eigenvalue weighted by atomic mass is 9.98. The fourth-order valence-electron chi connectivity index (χ4n) is 3.41. The number of rotatable bonds is 6. The normalized spacial score (nSPS) is 16.2. The summed E-state index contributed by atoms with van der Waals surface area (Å²) in [6, 6.07) is 10.3. The molecule has 1 amide bonds. The number of amides is 1. The zero-order chi connectivity index (χ0) is 19.0. The fraction of sp³-hybridized carbons (Fsp3) is 0.421. The third-order valence-corrected chi connectivity index (χ3v) is 5.87. The van der Waals surface area contributed by atoms with Gasteiger partial charge in [0.05, 0.1) is 17.3 Å². The van der Waals surface area contributed by atoms with Gasteiger partial charge in [0, 0.05) is 11.9 Å². The van der Waals surface area contributed by atoms with E-state index in [1.165, 1.54) is 11.8 Å². The summed E-state index contributed by atoms with van der Waals surface area (Å²) in [7, 11) is 0. The highest BCUT2D eigenvalue weighted by Crippen LogP contribution is 2.39. The Labute approximate surface area is 161 Å². The lowest BCUT2D eigenvalue weighted by Gasteiger charge is -2.22. The maximum atomic E-state index is 12.3. The second-order valence-electron chi connectivity index (χ2n) is 6.95. The second-order valence-corrected chi connectivity index (χ2v) is 7.90. The van der Waals surface area contributed by atoms with Crippen LogP contribution in [0, 0.1) is 17.2 Å². The van der Waals surface area contributed by atoms with Gasteiger partial charge in [0.15, 0.2) is 5.65 Å². The Morgan fingerprint density at radius 3 is 2.89 bits per heavy atom. The summed E-state index contributed by atoms with van der Waals surface area (Å²) in [6.45, 7) is 4.63. The largest absolute Gasteiger partial charge is 0.337 e. The van der Waals surface area contributed by atoms with Crippen LogP contribution in [0.1, 0.15) is 26.7 Å². The first-order chi connectivity index (χ1) is 13.1. The number of benzene rings is 1. The topological polar surface area (TPSA) is 96.5 Å². The van der Waals surface area contributed by atoms with Crippen molar-refractivity contribution >= 4 is 39.7 Å². The first-order valence-corrected chi connectivity index (χ1v) is 10.0. The molecule has 1 fully saturated rings. The van der Waals surface area contributed by atoms with Crippen LogP contribution >= 0.6 is 11.8 Å². The molecule has 1 aliphatic rings. The van der Waals surface area contributed by atoms with Gasteiger partial charge < -0.3 is 9.88 Å². The van der Waals surface area contributed by atoms with Gasteiger partial charge in [-0.05, 0) is 38.7 Å². The molecule has 0 bridgehead atoms. The fourth-order valence-corrected chi connectivity index (χ4v) is 3.99. The molecule has 1 aromatic carbocycles. The number of aromatic nitrogens is 4. The van der Waals surface area contributed by atoms with Crippen molar-refractivity contribution in [3.63, 3.8) is 0 Å². The number of carbonyl (C=O) groups excluding carboxylic acids is 1. The number of nitriles is 1. The highest BCUT2D eigenvalue weighted by molar-refractivity contribution is 7.99. The number of para-hydroxylation sites is 1. The van der Waals surface area contributed by atoms with E-state index in [9.17, 15) is 10.1 Å². The van der Waals surface area contributed by atoms with Gasteiger partial charge in [-0.25, -0.2) is 4.98 Å². The minimum absolute atomic E-state index is 0.156. The monoisotopic (exact) mass is 380 g/mol. The van der Waals surface area contributed by atoms with E-state index in [4.69, 9.17) is 0 Å². The average molecular weight is 380 g/mol. The van der Waals surface area contributed by atoms with E-state index >= 15 is 0 Å². The van der Waals surface area contributed by atoms with Gasteiger partial charge in [0.2, 0.25) is 11.1 Å². The van der Waals surface area contributed by atoms with Crippen LogP contribution in [0.2, 0.25) is 0 Å². The maximum Gasteiger partial charge on any atom is 0.231 e. The van der Waals surface area contributed by atoms with Crippen molar-refractivity contribution in [2.45, 2.75) is 43.9 Å². The molecule has 138 valence electrons. The molecule has 3 aromatic rings. The van der Waals surface area contributed by atoms with Crippen molar-refractivity contribution in [3.05, 3.63) is 24.3 Å². The standard InChI is InChI=1S/C19H20N6OS/c1-3-25-14-7-5-4-6-13(14)16-17(25)21-18(24-23-16)27-10-15(26)22-19(2,11-20)12-8-9-12/h4-7,12H,3,8-10H2,1-2H3,(H,22,26)/t19-/m1/s1. The minimum atomic E-state index is -0.782. The third kappa shape index (κ3) is 3.23. The number of fused-ring (bicyclic) bond motifs is 3. The van der Waals surface area contributed by atoms with Crippen LogP contribution in [0.3, 0.4) is 0 Å². The molecule has 0 spiro atoms. The molecule has 0 aliphatic heterocycles. The molecular weight excluding hydrogens is 360 g/mol. The predicted molar refractivity (Wildman–Crippen MR) is 104 cm³/mol. The zero-order valence-electron chi connectivity index (χ0n) is 15.3. The van der Waals surface area contributed by atoms with E-state index in [1.807, 2.05) is 24.3 Å². The SMILES string of the molecule is CCn1c2ccccc2c2nnc(SCC(=O)N[C@](C)(C#N)C3CC3)nc21. The van der Waals surface area contributed by atoms with Crippen LogP contribution in [-0.4, -0.2) is 36.9 Å². The zero-order valence-corrected chi connectivity index (χ0v) is 16.1. The van der Waals surface area contributed by atoms with Crippen LogP contribution < -0.4 is 5.32 Å². The first-order valence-electron chi connectivity index (χ1n) is 9.02. The number of nitrogens with zero attached hydrogens (tertiary/aromatic N) is 5. The molecule has 1 aliphatic carbocycles. The summed E-state index contributed by atoms with van der Waals surface area (Å²) < 4.78 is 2.10. The third-order valence-electron chi connectivity index (χ3n) is 5.03. The summed E-state index contributed by atoms with van der Waals surface area (Å²) in [5, 5.41) is 22.2. The van der Waals surface area contributed by atoms with Crippen molar-refractivity contribution in [2.75, 3.05) is 5.75 Å². The van der Waals surface area contributed by atoms with Crippen LogP contribution in [0.25, 0.3) is 22.1 Å². The Balaban J connectivity index is 1.54. The Morgan fingerprint density at radius 1 is 1.41 bits per heavy atom. The Morgan fingerprint density at radius 2 is 2.19 bits per heavy atom. The van der Waals surface area contributed by atoms with Crippen molar-refractivity contribution < 1.29 is 4.79 Å². The van der Waals surface area contributed by atoms with Gasteiger partial charge in [-0.2, -0.15) is 5.26 Å². The van der Waals surface area contributed by atoms with E-state index in [0.29, 0.717) is 5.16 Å². The molecule has 1 N–H and O–H groups in total. The van der Waals surface area contributed by atoms with E-state index in [-0.39, 0.29) is 17.6 Å². The number of carbonyl (C=O) groups is 1. The molecule has 4 rings (SSSR count). The number of hydrogen-bond acceptors (Lipinski definition) is 6. The van der Waals surface area contributed by atoms with Crippen molar-refractivity contribution in [1.82, 2.24) is 25.1 Å². The molecule has 1 saturated carbocycles. The minimum Gasteiger partial charge on any atom is -0.337 e. The number of nitrogens with one attached hydrogen (secondary N) is 1. The summed E-state index contributed by atoms with van der Waals surface area (Å²) in [6.07, 6.45) is 1.98. The molecule has 2 heterocycles. The Bertz CT molecular complexity index is 1070. The van der Waals surface area contributed by atoms with Crippen LogP contribution in [0.5, 0.6) is 0 Å². The molecule has 0 unspecified atom stereocenters. The van der Waals surface area contributed by atoms with Crippen molar-refractivity contribution in [3.8, 4) is 6.07 Å². The summed E-state index contributed by atoms with van der Waals surface area (Å²) in [5.74, 6) is 0.227. The molecule has 2 aromatic heterocycles. The van der Waals surface area contributed by atoms with Gasteiger partial charge in [-0.3, -0.25) is 4.79 Å². The van der Waals surface area contributed by atoms with Crippen LogP contribution in [0.4, 0.5) is 0 Å². The predicted octanol–water partition coefficient (Wildman–Crippen LogP) is 2.90. The molecule has 27 heavy (non-hydrogen) atoms. The van der Waals surface area contributed by atoms with E-state index in [1.54, 1.807) is 6.92 Å².